The molecule has 0 bridgehead atoms. The van der Waals surface area contributed by atoms with Crippen molar-refractivity contribution in [3.8, 4) is 17.2 Å². The van der Waals surface area contributed by atoms with Gasteiger partial charge < -0.3 is 14.6 Å². The Kier molecular flexibility index (Phi) is 4.95. The third-order valence-corrected chi connectivity index (χ3v) is 6.42. The molecule has 0 aromatic heterocycles. The maximum Gasteiger partial charge on any atom is 0.217 e. The number of nitrogens with zero attached hydrogens (tertiary/aromatic N) is 2. The van der Waals surface area contributed by atoms with Crippen molar-refractivity contribution in [2.45, 2.75) is 18.7 Å². The van der Waals surface area contributed by atoms with Crippen LogP contribution in [0.2, 0.25) is 0 Å². The molecule has 5 nitrogen and oxygen atoms in total. The van der Waals surface area contributed by atoms with E-state index >= 15 is 0 Å². The van der Waals surface area contributed by atoms with Crippen molar-refractivity contribution >= 4 is 37.6 Å². The highest BCUT2D eigenvalue weighted by atomic mass is 79.9. The van der Waals surface area contributed by atoms with E-state index in [1.165, 1.54) is 0 Å². The van der Waals surface area contributed by atoms with Gasteiger partial charge in [0.05, 0.1) is 24.4 Å². The van der Waals surface area contributed by atoms with Gasteiger partial charge in [-0.3, -0.25) is 0 Å². The first kappa shape index (κ1) is 19.5. The maximum atomic E-state index is 10.5. The molecule has 2 atom stereocenters. The van der Waals surface area contributed by atoms with Crippen LogP contribution >= 0.6 is 31.9 Å². The van der Waals surface area contributed by atoms with E-state index in [-0.39, 0.29) is 11.8 Å². The van der Waals surface area contributed by atoms with Crippen LogP contribution in [0.25, 0.3) is 0 Å². The van der Waals surface area contributed by atoms with Crippen LogP contribution in [-0.2, 0) is 0 Å². The minimum atomic E-state index is -0.531. The Morgan fingerprint density at radius 3 is 2.43 bits per heavy atom. The van der Waals surface area contributed by atoms with Crippen molar-refractivity contribution in [2.75, 3.05) is 7.11 Å². The summed E-state index contributed by atoms with van der Waals surface area (Å²) in [6.07, 6.45) is 0.210. The molecule has 0 aliphatic carbocycles. The summed E-state index contributed by atoms with van der Waals surface area (Å²) in [4.78, 5) is 0. The number of rotatable bonds is 3. The van der Waals surface area contributed by atoms with Crippen LogP contribution in [0.5, 0.6) is 17.2 Å². The van der Waals surface area contributed by atoms with Gasteiger partial charge in [0.15, 0.2) is 0 Å². The second kappa shape index (κ2) is 7.63. The van der Waals surface area contributed by atoms with Gasteiger partial charge in [0.2, 0.25) is 6.23 Å². The van der Waals surface area contributed by atoms with Crippen molar-refractivity contribution in [2.24, 2.45) is 5.10 Å². The zero-order valence-electron chi connectivity index (χ0n) is 16.0. The number of hydrazone groups is 1. The van der Waals surface area contributed by atoms with Crippen molar-refractivity contribution < 1.29 is 14.6 Å². The predicted octanol–water partition coefficient (Wildman–Crippen LogP) is 6.17. The zero-order chi connectivity index (χ0) is 20.8. The molecule has 0 saturated carbocycles. The van der Waals surface area contributed by atoms with Crippen LogP contribution in [0.15, 0.2) is 74.7 Å². The van der Waals surface area contributed by atoms with E-state index in [4.69, 9.17) is 14.6 Å². The number of fused-ring (bicyclic) bond motifs is 3. The third kappa shape index (κ3) is 3.36. The standard InChI is InChI=1S/C23H18Br2N2O3/c1-29-16-6-2-13(3-7-16)19-12-20-17-10-15(25)5-9-22(17)30-23(27(20)26-19)18-11-14(24)4-8-21(18)28/h2-11,20,23,28H,12H2,1H3. The Balaban J connectivity index is 1.61. The summed E-state index contributed by atoms with van der Waals surface area (Å²) in [5.74, 6) is 1.79. The number of halogens is 2. The highest BCUT2D eigenvalue weighted by Gasteiger charge is 2.42. The molecular weight excluding hydrogens is 512 g/mol. The molecule has 30 heavy (non-hydrogen) atoms. The second-order valence-electron chi connectivity index (χ2n) is 7.23. The lowest BCUT2D eigenvalue weighted by Gasteiger charge is -2.38. The fourth-order valence-corrected chi connectivity index (χ4v) is 4.70. The summed E-state index contributed by atoms with van der Waals surface area (Å²) < 4.78 is 13.5. The average Bonchev–Trinajstić information content (AvgIpc) is 3.21. The quantitative estimate of drug-likeness (QED) is 0.441. The topological polar surface area (TPSA) is 54.3 Å². The van der Waals surface area contributed by atoms with Gasteiger partial charge in [-0.1, -0.05) is 31.9 Å². The summed E-state index contributed by atoms with van der Waals surface area (Å²) in [5, 5.41) is 17.4. The molecular formula is C23H18Br2N2O3. The van der Waals surface area contributed by atoms with Crippen LogP contribution in [0.3, 0.4) is 0 Å². The Hall–Kier alpha value is -2.51. The summed E-state index contributed by atoms with van der Waals surface area (Å²) in [6.45, 7) is 0. The number of benzene rings is 3. The number of phenolic OH excluding ortho intramolecular Hbond substituents is 1. The highest BCUT2D eigenvalue weighted by molar-refractivity contribution is 9.10. The first-order valence-electron chi connectivity index (χ1n) is 9.48. The predicted molar refractivity (Wildman–Crippen MR) is 122 cm³/mol. The summed E-state index contributed by atoms with van der Waals surface area (Å²) in [7, 11) is 1.66. The average molecular weight is 530 g/mol. The Morgan fingerprint density at radius 1 is 1.00 bits per heavy atom. The summed E-state index contributed by atoms with van der Waals surface area (Å²) >= 11 is 7.07. The zero-order valence-corrected chi connectivity index (χ0v) is 19.2. The first-order valence-corrected chi connectivity index (χ1v) is 11.1. The molecule has 152 valence electrons. The van der Waals surface area contributed by atoms with Gasteiger partial charge in [0, 0.05) is 20.9 Å². The van der Waals surface area contributed by atoms with Crippen LogP contribution in [0, 0.1) is 0 Å². The van der Waals surface area contributed by atoms with Gasteiger partial charge in [-0.15, -0.1) is 0 Å². The van der Waals surface area contributed by atoms with Gasteiger partial charge in [-0.25, -0.2) is 5.01 Å². The molecule has 2 aliphatic heterocycles. The molecule has 2 heterocycles. The number of aromatic hydroxyl groups is 1. The van der Waals surface area contributed by atoms with E-state index in [1.54, 1.807) is 19.2 Å². The molecule has 2 aliphatic rings. The van der Waals surface area contributed by atoms with E-state index in [0.29, 0.717) is 5.56 Å². The Labute approximate surface area is 191 Å². The molecule has 3 aromatic carbocycles. The van der Waals surface area contributed by atoms with Crippen molar-refractivity contribution in [1.82, 2.24) is 5.01 Å². The minimum Gasteiger partial charge on any atom is -0.507 e. The Bertz CT molecular complexity index is 1150. The van der Waals surface area contributed by atoms with Gasteiger partial charge in [0.25, 0.3) is 0 Å². The molecule has 0 radical (unpaired) electrons. The van der Waals surface area contributed by atoms with Crippen LogP contribution < -0.4 is 9.47 Å². The SMILES string of the molecule is COc1ccc(C2=NN3C(C2)c2cc(Br)ccc2OC3c2cc(Br)ccc2O)cc1. The van der Waals surface area contributed by atoms with Crippen LogP contribution in [-0.4, -0.2) is 22.9 Å². The van der Waals surface area contributed by atoms with E-state index in [0.717, 1.165) is 43.7 Å². The molecule has 5 rings (SSSR count). The van der Waals surface area contributed by atoms with Gasteiger partial charge in [-0.2, -0.15) is 5.10 Å². The number of hydrogen-bond donors (Lipinski definition) is 1. The highest BCUT2D eigenvalue weighted by Crippen LogP contribution is 2.49. The lowest BCUT2D eigenvalue weighted by Crippen LogP contribution is -2.33. The lowest BCUT2D eigenvalue weighted by atomic mass is 9.96. The van der Waals surface area contributed by atoms with E-state index in [2.05, 4.69) is 37.9 Å². The molecule has 0 amide bonds. The van der Waals surface area contributed by atoms with Crippen molar-refractivity contribution in [3.05, 3.63) is 86.3 Å². The van der Waals surface area contributed by atoms with Crippen molar-refractivity contribution in [1.29, 1.82) is 0 Å². The molecule has 7 heteroatoms. The third-order valence-electron chi connectivity index (χ3n) is 5.43. The largest absolute Gasteiger partial charge is 0.507 e. The lowest BCUT2D eigenvalue weighted by molar-refractivity contribution is -0.0204. The number of phenols is 1. The smallest absolute Gasteiger partial charge is 0.217 e. The Morgan fingerprint density at radius 2 is 1.70 bits per heavy atom. The maximum absolute atomic E-state index is 10.5. The number of methoxy groups -OCH3 is 1. The first-order chi connectivity index (χ1) is 14.5. The van der Waals surface area contributed by atoms with E-state index in [9.17, 15) is 5.11 Å². The van der Waals surface area contributed by atoms with Crippen LogP contribution in [0.1, 0.15) is 35.4 Å². The molecule has 0 spiro atoms. The fourth-order valence-electron chi connectivity index (χ4n) is 3.94. The van der Waals surface area contributed by atoms with Gasteiger partial charge >= 0.3 is 0 Å². The monoisotopic (exact) mass is 528 g/mol. The molecule has 0 saturated heterocycles. The molecule has 0 fully saturated rings. The van der Waals surface area contributed by atoms with E-state index < -0.39 is 6.23 Å². The van der Waals surface area contributed by atoms with Crippen molar-refractivity contribution in [3.63, 3.8) is 0 Å². The van der Waals surface area contributed by atoms with Gasteiger partial charge in [0.1, 0.15) is 17.2 Å². The molecule has 3 aromatic rings. The fraction of sp³-hybridized carbons (Fsp3) is 0.174. The summed E-state index contributed by atoms with van der Waals surface area (Å²) in [6, 6.07) is 19.3. The second-order valence-corrected chi connectivity index (χ2v) is 9.06. The van der Waals surface area contributed by atoms with E-state index in [1.807, 2.05) is 47.5 Å². The molecule has 1 N–H and O–H groups in total. The minimum absolute atomic E-state index is 0.00623. The normalized spacial score (nSPS) is 19.6. The molecule has 2 unspecified atom stereocenters. The van der Waals surface area contributed by atoms with Crippen LogP contribution in [0.4, 0.5) is 0 Å². The number of hydrogen-bond acceptors (Lipinski definition) is 5. The number of ether oxygens (including phenoxy) is 2. The summed E-state index contributed by atoms with van der Waals surface area (Å²) in [5.41, 5.74) is 3.75. The van der Waals surface area contributed by atoms with Gasteiger partial charge in [-0.05, 0) is 66.2 Å².